The van der Waals surface area contributed by atoms with E-state index in [0.29, 0.717) is 0 Å². The second-order valence-electron chi connectivity index (χ2n) is 13.1. The number of rotatable bonds is 5. The van der Waals surface area contributed by atoms with Gasteiger partial charge in [0.25, 0.3) is 0 Å². The molecule has 50 heavy (non-hydrogen) atoms. The van der Waals surface area contributed by atoms with Crippen molar-refractivity contribution in [2.24, 2.45) is 0 Å². The average molecular weight is 643 g/mol. The molecule has 3 heterocycles. The Morgan fingerprint density at radius 1 is 0.420 bits per heavy atom. The minimum absolute atomic E-state index is 0.0397. The fraction of sp³-hybridized carbons (Fsp3) is 0.0435. The molecule has 0 spiro atoms. The number of para-hydroxylation sites is 3. The molecule has 7 aromatic carbocycles. The maximum absolute atomic E-state index is 3.93. The van der Waals surface area contributed by atoms with E-state index >= 15 is 0 Å². The Bertz CT molecular complexity index is 2700. The highest BCUT2D eigenvalue weighted by Gasteiger charge is 2.27. The third kappa shape index (κ3) is 4.65. The quantitative estimate of drug-likeness (QED) is 0.196. The fourth-order valence-electron chi connectivity index (χ4n) is 7.88. The van der Waals surface area contributed by atoms with Crippen molar-refractivity contribution >= 4 is 49.3 Å². The van der Waals surface area contributed by atoms with Gasteiger partial charge < -0.3 is 14.5 Å². The van der Waals surface area contributed by atoms with Crippen LogP contribution in [0.4, 0.5) is 0 Å². The summed E-state index contributed by atoms with van der Waals surface area (Å²) in [6, 6.07) is 63.4. The number of nitrogens with one attached hydrogen (secondary N) is 2. The highest BCUT2D eigenvalue weighted by Crippen LogP contribution is 2.39. The van der Waals surface area contributed by atoms with Crippen molar-refractivity contribution in [3.8, 4) is 16.8 Å². The molecule has 1 aliphatic heterocycles. The van der Waals surface area contributed by atoms with Crippen molar-refractivity contribution in [2.75, 3.05) is 0 Å². The van der Waals surface area contributed by atoms with Crippen molar-refractivity contribution in [1.82, 2.24) is 19.8 Å². The lowest BCUT2D eigenvalue weighted by molar-refractivity contribution is 0.350. The fourth-order valence-corrected chi connectivity index (χ4v) is 7.88. The van der Waals surface area contributed by atoms with Crippen LogP contribution in [0.15, 0.2) is 182 Å². The van der Waals surface area contributed by atoms with Gasteiger partial charge >= 0.3 is 0 Å². The Labute approximate surface area is 290 Å². The molecular formula is C46H34N4. The van der Waals surface area contributed by atoms with Crippen molar-refractivity contribution < 1.29 is 0 Å². The van der Waals surface area contributed by atoms with Crippen LogP contribution in [0.1, 0.15) is 23.5 Å². The van der Waals surface area contributed by atoms with Gasteiger partial charge in [0, 0.05) is 32.9 Å². The Morgan fingerprint density at radius 3 is 1.66 bits per heavy atom. The summed E-state index contributed by atoms with van der Waals surface area (Å²) < 4.78 is 4.80. The largest absolute Gasteiger partial charge is 0.352 e. The molecule has 0 saturated carbocycles. The molecule has 9 aromatic rings. The van der Waals surface area contributed by atoms with Crippen LogP contribution in [0, 0.1) is 0 Å². The van der Waals surface area contributed by atoms with Gasteiger partial charge in [-0.25, -0.2) is 0 Å². The molecule has 2 unspecified atom stereocenters. The first-order valence-corrected chi connectivity index (χ1v) is 17.3. The van der Waals surface area contributed by atoms with E-state index in [0.717, 1.165) is 5.70 Å². The minimum Gasteiger partial charge on any atom is -0.352 e. The molecule has 10 rings (SSSR count). The van der Waals surface area contributed by atoms with Gasteiger partial charge in [-0.15, -0.1) is 0 Å². The molecule has 238 valence electrons. The van der Waals surface area contributed by atoms with Crippen molar-refractivity contribution in [2.45, 2.75) is 12.3 Å². The number of fused-ring (bicyclic) bond motifs is 6. The Hall–Kier alpha value is -6.36. The molecule has 4 heteroatoms. The van der Waals surface area contributed by atoms with Gasteiger partial charge in [0.1, 0.15) is 0 Å². The molecule has 1 aliphatic rings. The number of benzene rings is 7. The predicted octanol–water partition coefficient (Wildman–Crippen LogP) is 11.0. The minimum atomic E-state index is -0.172. The number of hydrogen-bond acceptors (Lipinski definition) is 2. The third-order valence-corrected chi connectivity index (χ3v) is 10.2. The van der Waals surface area contributed by atoms with Crippen molar-refractivity contribution in [1.29, 1.82) is 0 Å². The maximum Gasteiger partial charge on any atom is 0.160 e. The Morgan fingerprint density at radius 2 is 0.940 bits per heavy atom. The molecular weight excluding hydrogens is 609 g/mol. The summed E-state index contributed by atoms with van der Waals surface area (Å²) >= 11 is 0. The molecule has 0 amide bonds. The van der Waals surface area contributed by atoms with E-state index in [2.05, 4.69) is 202 Å². The summed E-state index contributed by atoms with van der Waals surface area (Å²) in [5.74, 6) is 0. The summed E-state index contributed by atoms with van der Waals surface area (Å²) in [5.41, 5.74) is 11.9. The standard InChI is InChI=1S/C46H34N4/c1-4-14-31(15-5-1)40-30-41(32-16-6-2-7-17-32)48-46(47-40)50-43-23-13-11-21-37(43)39-29-34(25-27-45(39)50)33-24-26-44-38(28-33)36-20-10-12-22-42(36)49(44)35-18-8-3-9-19-35/h1-30,40,46-48H. The van der Waals surface area contributed by atoms with Crippen LogP contribution < -0.4 is 10.6 Å². The van der Waals surface area contributed by atoms with Crippen molar-refractivity contribution in [3.05, 3.63) is 193 Å². The summed E-state index contributed by atoms with van der Waals surface area (Å²) in [7, 11) is 0. The van der Waals surface area contributed by atoms with Gasteiger partial charge in [-0.2, -0.15) is 0 Å². The number of nitrogens with zero attached hydrogens (tertiary/aromatic N) is 2. The summed E-state index contributed by atoms with van der Waals surface area (Å²) in [5, 5.41) is 12.8. The molecule has 4 nitrogen and oxygen atoms in total. The van der Waals surface area contributed by atoms with Crippen molar-refractivity contribution in [3.63, 3.8) is 0 Å². The van der Waals surface area contributed by atoms with Crippen LogP contribution >= 0.6 is 0 Å². The van der Waals surface area contributed by atoms with Crippen LogP contribution in [0.2, 0.25) is 0 Å². The van der Waals surface area contributed by atoms with Gasteiger partial charge in [-0.1, -0.05) is 127 Å². The highest BCUT2D eigenvalue weighted by atomic mass is 15.3. The normalized spacial score (nSPS) is 16.2. The molecule has 0 radical (unpaired) electrons. The average Bonchev–Trinajstić information content (AvgIpc) is 3.71. The molecule has 2 N–H and O–H groups in total. The van der Waals surface area contributed by atoms with Gasteiger partial charge in [-0.05, 0) is 76.9 Å². The monoisotopic (exact) mass is 642 g/mol. The van der Waals surface area contributed by atoms with E-state index in [1.165, 1.54) is 71.6 Å². The van der Waals surface area contributed by atoms with E-state index in [1.807, 2.05) is 0 Å². The van der Waals surface area contributed by atoms with Crippen LogP contribution in [0.3, 0.4) is 0 Å². The van der Waals surface area contributed by atoms with E-state index in [4.69, 9.17) is 0 Å². The third-order valence-electron chi connectivity index (χ3n) is 10.2. The lowest BCUT2D eigenvalue weighted by atomic mass is 10.0. The summed E-state index contributed by atoms with van der Waals surface area (Å²) in [6.07, 6.45) is 2.13. The summed E-state index contributed by atoms with van der Waals surface area (Å²) in [4.78, 5) is 0. The SMILES string of the molecule is C1=C(c2ccccc2)NC(n2c3ccccc3c3cc(-c4ccc5c(c4)c4ccccc4n5-c4ccccc4)ccc32)NC1c1ccccc1. The van der Waals surface area contributed by atoms with Gasteiger partial charge in [0.15, 0.2) is 6.29 Å². The summed E-state index contributed by atoms with van der Waals surface area (Å²) in [6.45, 7) is 0. The van der Waals surface area contributed by atoms with Gasteiger partial charge in [0.05, 0.1) is 28.1 Å². The topological polar surface area (TPSA) is 33.9 Å². The zero-order valence-electron chi connectivity index (χ0n) is 27.4. The Kier molecular flexibility index (Phi) is 6.68. The first kappa shape index (κ1) is 28.6. The van der Waals surface area contributed by atoms with E-state index < -0.39 is 0 Å². The lowest BCUT2D eigenvalue weighted by Crippen LogP contribution is -2.43. The molecule has 2 aromatic heterocycles. The van der Waals surface area contributed by atoms with Crippen LogP contribution in [0.5, 0.6) is 0 Å². The van der Waals surface area contributed by atoms with Gasteiger partial charge in [-0.3, -0.25) is 5.32 Å². The molecule has 0 aliphatic carbocycles. The lowest BCUT2D eigenvalue weighted by Gasteiger charge is -2.34. The molecule has 0 bridgehead atoms. The second kappa shape index (κ2) is 11.7. The molecule has 2 atom stereocenters. The smallest absolute Gasteiger partial charge is 0.160 e. The molecule has 0 saturated heterocycles. The second-order valence-corrected chi connectivity index (χ2v) is 13.1. The Balaban J connectivity index is 1.11. The maximum atomic E-state index is 3.93. The highest BCUT2D eigenvalue weighted by molar-refractivity contribution is 6.12. The molecule has 0 fully saturated rings. The van der Waals surface area contributed by atoms with E-state index in [-0.39, 0.29) is 12.3 Å². The zero-order chi connectivity index (χ0) is 33.0. The van der Waals surface area contributed by atoms with Crippen LogP contribution in [-0.4, -0.2) is 9.13 Å². The van der Waals surface area contributed by atoms with Gasteiger partial charge in [0.2, 0.25) is 0 Å². The van der Waals surface area contributed by atoms with Crippen LogP contribution in [-0.2, 0) is 0 Å². The first-order chi connectivity index (χ1) is 24.8. The zero-order valence-corrected chi connectivity index (χ0v) is 27.4. The van der Waals surface area contributed by atoms with E-state index in [9.17, 15) is 0 Å². The van der Waals surface area contributed by atoms with E-state index in [1.54, 1.807) is 0 Å². The number of aromatic nitrogens is 2. The predicted molar refractivity (Wildman–Crippen MR) is 208 cm³/mol. The number of hydrogen-bond donors (Lipinski definition) is 2. The first-order valence-electron chi connectivity index (χ1n) is 17.3. The van der Waals surface area contributed by atoms with Crippen LogP contribution in [0.25, 0.3) is 66.1 Å².